The van der Waals surface area contributed by atoms with Gasteiger partial charge in [-0.05, 0) is 12.1 Å². The molecule has 0 saturated carbocycles. The molecule has 0 aliphatic carbocycles. The lowest BCUT2D eigenvalue weighted by Crippen LogP contribution is -2.48. The minimum atomic E-state index is -1.00. The van der Waals surface area contributed by atoms with Crippen molar-refractivity contribution >= 4 is 17.7 Å². The number of rotatable bonds is 3. The van der Waals surface area contributed by atoms with E-state index in [0.29, 0.717) is 11.3 Å². The number of nitriles is 1. The molecule has 0 radical (unpaired) electrons. The van der Waals surface area contributed by atoms with Crippen LogP contribution in [0.3, 0.4) is 0 Å². The van der Waals surface area contributed by atoms with Gasteiger partial charge in [-0.2, -0.15) is 5.26 Å². The molecule has 110 valence electrons. The van der Waals surface area contributed by atoms with Crippen molar-refractivity contribution < 1.29 is 19.4 Å². The lowest BCUT2D eigenvalue weighted by Gasteiger charge is -2.23. The van der Waals surface area contributed by atoms with Crippen LogP contribution in [0.4, 0.5) is 10.5 Å². The largest absolute Gasteiger partial charge is 0.481 e. The number of para-hydroxylation sites is 1. The Hall–Kier alpha value is -2.59. The van der Waals surface area contributed by atoms with Gasteiger partial charge in [0, 0.05) is 7.05 Å². The van der Waals surface area contributed by atoms with Crippen LogP contribution in [-0.2, 0) is 9.53 Å². The van der Waals surface area contributed by atoms with E-state index in [-0.39, 0.29) is 13.2 Å². The summed E-state index contributed by atoms with van der Waals surface area (Å²) in [7, 11) is 1.52. The molecule has 2 unspecified atom stereocenters. The second kappa shape index (κ2) is 6.24. The third-order valence-electron chi connectivity index (χ3n) is 3.40. The number of urea groups is 1. The number of carbonyl (C=O) groups excluding carboxylic acids is 1. The molecule has 1 aliphatic rings. The number of carboxylic acid groups (broad SMARTS) is 1. The highest BCUT2D eigenvalue weighted by Gasteiger charge is 2.35. The van der Waals surface area contributed by atoms with Crippen molar-refractivity contribution in [3.05, 3.63) is 29.8 Å². The first kappa shape index (κ1) is 14.8. The van der Waals surface area contributed by atoms with Crippen LogP contribution in [-0.4, -0.2) is 43.4 Å². The summed E-state index contributed by atoms with van der Waals surface area (Å²) in [4.78, 5) is 24.5. The highest BCUT2D eigenvalue weighted by Crippen LogP contribution is 2.19. The van der Waals surface area contributed by atoms with E-state index in [0.717, 1.165) is 0 Å². The zero-order valence-electron chi connectivity index (χ0n) is 11.4. The number of anilines is 1. The van der Waals surface area contributed by atoms with E-state index < -0.39 is 24.0 Å². The van der Waals surface area contributed by atoms with Crippen LogP contribution < -0.4 is 10.2 Å². The Kier molecular flexibility index (Phi) is 4.40. The highest BCUT2D eigenvalue weighted by atomic mass is 16.5. The number of amides is 2. The molecule has 7 nitrogen and oxygen atoms in total. The summed E-state index contributed by atoms with van der Waals surface area (Å²) < 4.78 is 5.10. The molecular formula is C14H15N3O4. The minimum absolute atomic E-state index is 0.0821. The second-order valence-corrected chi connectivity index (χ2v) is 4.73. The number of ether oxygens (including phenoxy) is 1. The first-order valence-corrected chi connectivity index (χ1v) is 6.38. The predicted octanol–water partition coefficient (Wildman–Crippen LogP) is 0.804. The van der Waals surface area contributed by atoms with E-state index >= 15 is 0 Å². The van der Waals surface area contributed by atoms with Crippen LogP contribution in [0.25, 0.3) is 0 Å². The molecule has 1 fully saturated rings. The molecule has 21 heavy (non-hydrogen) atoms. The number of benzene rings is 1. The van der Waals surface area contributed by atoms with E-state index in [1.807, 2.05) is 6.07 Å². The fourth-order valence-corrected chi connectivity index (χ4v) is 2.17. The highest BCUT2D eigenvalue weighted by molar-refractivity contribution is 5.93. The summed E-state index contributed by atoms with van der Waals surface area (Å²) in [5.74, 6) is -1.76. The summed E-state index contributed by atoms with van der Waals surface area (Å²) in [6.07, 6.45) is 0. The van der Waals surface area contributed by atoms with Gasteiger partial charge in [0.05, 0.1) is 30.5 Å². The number of carbonyl (C=O) groups is 2. The van der Waals surface area contributed by atoms with Gasteiger partial charge < -0.3 is 15.2 Å². The van der Waals surface area contributed by atoms with Crippen molar-refractivity contribution in [3.63, 3.8) is 0 Å². The number of nitrogens with one attached hydrogen (secondary N) is 1. The molecule has 0 spiro atoms. The monoisotopic (exact) mass is 289 g/mol. The molecule has 0 aromatic heterocycles. The molecule has 1 heterocycles. The summed E-state index contributed by atoms with van der Waals surface area (Å²) in [5.41, 5.74) is 0.830. The average Bonchev–Trinajstić information content (AvgIpc) is 2.94. The van der Waals surface area contributed by atoms with Crippen LogP contribution in [0.5, 0.6) is 0 Å². The van der Waals surface area contributed by atoms with Crippen molar-refractivity contribution in [2.24, 2.45) is 5.92 Å². The molecule has 2 amide bonds. The minimum Gasteiger partial charge on any atom is -0.481 e. The number of hydrogen-bond donors (Lipinski definition) is 2. The first-order valence-electron chi connectivity index (χ1n) is 6.38. The zero-order chi connectivity index (χ0) is 15.4. The van der Waals surface area contributed by atoms with Gasteiger partial charge in [0.2, 0.25) is 0 Å². The smallest absolute Gasteiger partial charge is 0.321 e. The van der Waals surface area contributed by atoms with Crippen LogP contribution >= 0.6 is 0 Å². The van der Waals surface area contributed by atoms with E-state index in [9.17, 15) is 9.59 Å². The topological polar surface area (TPSA) is 103 Å². The molecule has 2 rings (SSSR count). The third-order valence-corrected chi connectivity index (χ3v) is 3.40. The maximum absolute atomic E-state index is 12.2. The van der Waals surface area contributed by atoms with E-state index in [1.165, 1.54) is 11.9 Å². The van der Waals surface area contributed by atoms with Crippen LogP contribution in [0, 0.1) is 17.2 Å². The van der Waals surface area contributed by atoms with Gasteiger partial charge in [-0.1, -0.05) is 12.1 Å². The Bertz CT molecular complexity index is 596. The van der Waals surface area contributed by atoms with Crippen molar-refractivity contribution in [2.45, 2.75) is 6.04 Å². The molecule has 0 bridgehead atoms. The molecule has 2 atom stereocenters. The summed E-state index contributed by atoms with van der Waals surface area (Å²) in [6, 6.07) is 7.65. The lowest BCUT2D eigenvalue weighted by atomic mass is 10.0. The number of hydrogen-bond acceptors (Lipinski definition) is 4. The van der Waals surface area contributed by atoms with Gasteiger partial charge in [0.25, 0.3) is 0 Å². The lowest BCUT2D eigenvalue weighted by molar-refractivity contribution is -0.142. The molecule has 1 saturated heterocycles. The van der Waals surface area contributed by atoms with Gasteiger partial charge in [-0.3, -0.25) is 9.69 Å². The SMILES string of the molecule is CN(C(=O)NC1COCC1C(=O)O)c1ccccc1C#N. The van der Waals surface area contributed by atoms with Crippen molar-refractivity contribution in [3.8, 4) is 6.07 Å². The summed E-state index contributed by atoms with van der Waals surface area (Å²) >= 11 is 0. The van der Waals surface area contributed by atoms with Crippen LogP contribution in [0.2, 0.25) is 0 Å². The molecule has 1 aromatic carbocycles. The number of carboxylic acids is 1. The Labute approximate surface area is 121 Å². The Morgan fingerprint density at radius 3 is 2.81 bits per heavy atom. The molecule has 1 aromatic rings. The normalized spacial score (nSPS) is 20.6. The summed E-state index contributed by atoms with van der Waals surface area (Å²) in [6.45, 7) is 0.245. The Morgan fingerprint density at radius 1 is 1.43 bits per heavy atom. The fourth-order valence-electron chi connectivity index (χ4n) is 2.17. The van der Waals surface area contributed by atoms with E-state index in [1.54, 1.807) is 24.3 Å². The Balaban J connectivity index is 2.10. The van der Waals surface area contributed by atoms with Crippen molar-refractivity contribution in [1.82, 2.24) is 5.32 Å². The zero-order valence-corrected chi connectivity index (χ0v) is 11.4. The number of aliphatic carboxylic acids is 1. The van der Waals surface area contributed by atoms with Gasteiger partial charge in [-0.25, -0.2) is 4.79 Å². The predicted molar refractivity (Wildman–Crippen MR) is 73.8 cm³/mol. The van der Waals surface area contributed by atoms with Gasteiger partial charge in [0.1, 0.15) is 12.0 Å². The van der Waals surface area contributed by atoms with Gasteiger partial charge >= 0.3 is 12.0 Å². The summed E-state index contributed by atoms with van der Waals surface area (Å²) in [5, 5.41) is 20.7. The standard InChI is InChI=1S/C14H15N3O4/c1-17(12-5-3-2-4-9(12)6-15)14(20)16-11-8-21-7-10(11)13(18)19/h2-5,10-11H,7-8H2,1H3,(H,16,20)(H,18,19). The third kappa shape index (κ3) is 3.12. The molecular weight excluding hydrogens is 274 g/mol. The quantitative estimate of drug-likeness (QED) is 0.857. The maximum Gasteiger partial charge on any atom is 0.321 e. The van der Waals surface area contributed by atoms with Crippen LogP contribution in [0.15, 0.2) is 24.3 Å². The molecule has 7 heteroatoms. The van der Waals surface area contributed by atoms with Gasteiger partial charge in [0.15, 0.2) is 0 Å². The van der Waals surface area contributed by atoms with Crippen molar-refractivity contribution in [2.75, 3.05) is 25.2 Å². The van der Waals surface area contributed by atoms with Crippen LogP contribution in [0.1, 0.15) is 5.56 Å². The van der Waals surface area contributed by atoms with E-state index in [4.69, 9.17) is 15.1 Å². The number of nitrogens with zero attached hydrogens (tertiary/aromatic N) is 2. The second-order valence-electron chi connectivity index (χ2n) is 4.73. The molecule has 1 aliphatic heterocycles. The maximum atomic E-state index is 12.2. The Morgan fingerprint density at radius 2 is 2.14 bits per heavy atom. The van der Waals surface area contributed by atoms with E-state index in [2.05, 4.69) is 5.32 Å². The molecule has 2 N–H and O–H groups in total. The fraction of sp³-hybridized carbons (Fsp3) is 0.357. The van der Waals surface area contributed by atoms with Gasteiger partial charge in [-0.15, -0.1) is 0 Å². The van der Waals surface area contributed by atoms with Crippen molar-refractivity contribution in [1.29, 1.82) is 5.26 Å². The average molecular weight is 289 g/mol. The first-order chi connectivity index (χ1) is 10.0.